The van der Waals surface area contributed by atoms with Crippen LogP contribution in [0, 0.1) is 19.7 Å². The highest BCUT2D eigenvalue weighted by atomic mass is 19.1. The standard InChI is InChI=1S/C23H25FN2O4/c1-5-29-22(27)20-15(4)25-23(28)26-21(20)19-11-13(2)10-16(14(19)3)12-30-18-8-6-17(24)7-9-18/h6-11,21H,5,12H2,1-4H3,(H2,25,26,28). The molecular formula is C23H25FN2O4. The molecule has 7 heteroatoms. The zero-order valence-corrected chi connectivity index (χ0v) is 17.5. The highest BCUT2D eigenvalue weighted by Crippen LogP contribution is 2.32. The summed E-state index contributed by atoms with van der Waals surface area (Å²) >= 11 is 0. The van der Waals surface area contributed by atoms with Gasteiger partial charge in [0.1, 0.15) is 18.2 Å². The van der Waals surface area contributed by atoms with Crippen molar-refractivity contribution in [3.63, 3.8) is 0 Å². The van der Waals surface area contributed by atoms with Gasteiger partial charge in [0.2, 0.25) is 0 Å². The summed E-state index contributed by atoms with van der Waals surface area (Å²) in [5.74, 6) is -0.249. The molecular weight excluding hydrogens is 387 g/mol. The molecule has 6 nitrogen and oxygen atoms in total. The number of amides is 2. The molecule has 0 fully saturated rings. The number of halogens is 1. The number of ether oxygens (including phenoxy) is 2. The van der Waals surface area contributed by atoms with Crippen LogP contribution in [-0.2, 0) is 16.1 Å². The zero-order valence-electron chi connectivity index (χ0n) is 17.5. The number of carbonyl (C=O) groups excluding carboxylic acids is 2. The Morgan fingerprint density at radius 1 is 1.13 bits per heavy atom. The maximum absolute atomic E-state index is 13.1. The maximum Gasteiger partial charge on any atom is 0.338 e. The molecule has 30 heavy (non-hydrogen) atoms. The lowest BCUT2D eigenvalue weighted by molar-refractivity contribution is -0.139. The van der Waals surface area contributed by atoms with Gasteiger partial charge >= 0.3 is 12.0 Å². The van der Waals surface area contributed by atoms with Gasteiger partial charge < -0.3 is 20.1 Å². The number of nitrogens with one attached hydrogen (secondary N) is 2. The minimum Gasteiger partial charge on any atom is -0.489 e. The molecule has 1 atom stereocenters. The van der Waals surface area contributed by atoms with Gasteiger partial charge in [-0.05, 0) is 68.7 Å². The third-order valence-electron chi connectivity index (χ3n) is 4.98. The lowest BCUT2D eigenvalue weighted by atomic mass is 9.89. The van der Waals surface area contributed by atoms with E-state index in [0.717, 1.165) is 22.3 Å². The average Bonchev–Trinajstić information content (AvgIpc) is 2.69. The van der Waals surface area contributed by atoms with Crippen LogP contribution in [0.1, 0.15) is 42.1 Å². The van der Waals surface area contributed by atoms with Crippen molar-refractivity contribution in [3.05, 3.63) is 75.7 Å². The molecule has 0 spiro atoms. The fraction of sp³-hybridized carbons (Fsp3) is 0.304. The second-order valence-electron chi connectivity index (χ2n) is 7.17. The van der Waals surface area contributed by atoms with E-state index in [0.29, 0.717) is 17.0 Å². The third kappa shape index (κ3) is 4.62. The van der Waals surface area contributed by atoms with Gasteiger partial charge in [0.05, 0.1) is 18.2 Å². The Bertz CT molecular complexity index is 999. The highest BCUT2D eigenvalue weighted by Gasteiger charge is 2.33. The average molecular weight is 412 g/mol. The molecule has 1 aliphatic rings. The van der Waals surface area contributed by atoms with Crippen molar-refractivity contribution in [2.45, 2.75) is 40.3 Å². The number of allylic oxidation sites excluding steroid dienone is 1. The van der Waals surface area contributed by atoms with Crippen molar-refractivity contribution in [1.82, 2.24) is 10.6 Å². The molecule has 1 unspecified atom stereocenters. The van der Waals surface area contributed by atoms with Crippen LogP contribution in [0.15, 0.2) is 47.7 Å². The summed E-state index contributed by atoms with van der Waals surface area (Å²) in [5.41, 5.74) is 4.39. The summed E-state index contributed by atoms with van der Waals surface area (Å²) in [6, 6.07) is 8.74. The summed E-state index contributed by atoms with van der Waals surface area (Å²) in [7, 11) is 0. The van der Waals surface area contributed by atoms with Gasteiger partial charge in [-0.25, -0.2) is 14.0 Å². The number of hydrogen-bond donors (Lipinski definition) is 2. The molecule has 0 saturated carbocycles. The van der Waals surface area contributed by atoms with Gasteiger partial charge in [0.15, 0.2) is 0 Å². The molecule has 1 heterocycles. The Morgan fingerprint density at radius 2 is 1.83 bits per heavy atom. The molecule has 0 radical (unpaired) electrons. The van der Waals surface area contributed by atoms with Crippen LogP contribution in [0.4, 0.5) is 9.18 Å². The number of carbonyl (C=O) groups is 2. The van der Waals surface area contributed by atoms with Crippen LogP contribution in [0.2, 0.25) is 0 Å². The summed E-state index contributed by atoms with van der Waals surface area (Å²) in [6.07, 6.45) is 0. The first-order chi connectivity index (χ1) is 14.3. The van der Waals surface area contributed by atoms with Crippen molar-refractivity contribution in [2.75, 3.05) is 6.61 Å². The molecule has 3 rings (SSSR count). The van der Waals surface area contributed by atoms with Crippen LogP contribution in [0.25, 0.3) is 0 Å². The predicted octanol–water partition coefficient (Wildman–Crippen LogP) is 4.21. The van der Waals surface area contributed by atoms with Gasteiger partial charge in [-0.3, -0.25) is 0 Å². The van der Waals surface area contributed by atoms with Gasteiger partial charge in [-0.15, -0.1) is 0 Å². The van der Waals surface area contributed by atoms with E-state index >= 15 is 0 Å². The minimum absolute atomic E-state index is 0.236. The molecule has 2 amide bonds. The van der Waals surface area contributed by atoms with Gasteiger partial charge in [-0.1, -0.05) is 17.7 Å². The highest BCUT2D eigenvalue weighted by molar-refractivity contribution is 5.95. The number of hydrogen-bond acceptors (Lipinski definition) is 4. The largest absolute Gasteiger partial charge is 0.489 e. The third-order valence-corrected chi connectivity index (χ3v) is 4.98. The topological polar surface area (TPSA) is 76.7 Å². The quantitative estimate of drug-likeness (QED) is 0.697. The SMILES string of the molecule is CCOC(=O)C1=C(C)NC(=O)NC1c1cc(C)cc(COc2ccc(F)cc2)c1C. The molecule has 2 aromatic rings. The van der Waals surface area contributed by atoms with Crippen molar-refractivity contribution < 1.29 is 23.5 Å². The molecule has 0 saturated heterocycles. The molecule has 158 valence electrons. The fourth-order valence-corrected chi connectivity index (χ4v) is 3.51. The number of rotatable bonds is 6. The monoisotopic (exact) mass is 412 g/mol. The maximum atomic E-state index is 13.1. The number of esters is 1. The van der Waals surface area contributed by atoms with Crippen molar-refractivity contribution in [1.29, 1.82) is 0 Å². The minimum atomic E-state index is -0.637. The summed E-state index contributed by atoms with van der Waals surface area (Å²) in [4.78, 5) is 24.7. The van der Waals surface area contributed by atoms with Crippen LogP contribution < -0.4 is 15.4 Å². The van der Waals surface area contributed by atoms with Crippen LogP contribution in [0.3, 0.4) is 0 Å². The van der Waals surface area contributed by atoms with Crippen molar-refractivity contribution in [2.24, 2.45) is 0 Å². The fourth-order valence-electron chi connectivity index (χ4n) is 3.51. The van der Waals surface area contributed by atoms with Crippen LogP contribution in [-0.4, -0.2) is 18.6 Å². The Hall–Kier alpha value is -3.35. The Morgan fingerprint density at radius 3 is 2.50 bits per heavy atom. The Labute approximate surface area is 175 Å². The van der Waals surface area contributed by atoms with E-state index in [-0.39, 0.29) is 25.1 Å². The zero-order chi connectivity index (χ0) is 21.8. The molecule has 2 aromatic carbocycles. The van der Waals surface area contributed by atoms with E-state index in [2.05, 4.69) is 10.6 Å². The van der Waals surface area contributed by atoms with E-state index in [1.165, 1.54) is 12.1 Å². The summed E-state index contributed by atoms with van der Waals surface area (Å²) in [6.45, 7) is 7.78. The van der Waals surface area contributed by atoms with Crippen molar-refractivity contribution in [3.8, 4) is 5.75 Å². The summed E-state index contributed by atoms with van der Waals surface area (Å²) in [5, 5.41) is 5.48. The lowest BCUT2D eigenvalue weighted by Gasteiger charge is -2.30. The smallest absolute Gasteiger partial charge is 0.338 e. The number of urea groups is 1. The number of benzene rings is 2. The Balaban J connectivity index is 1.96. The van der Waals surface area contributed by atoms with Gasteiger partial charge in [0.25, 0.3) is 0 Å². The van der Waals surface area contributed by atoms with E-state index in [1.54, 1.807) is 26.0 Å². The van der Waals surface area contributed by atoms with Crippen LogP contribution in [0.5, 0.6) is 5.75 Å². The second kappa shape index (κ2) is 8.98. The van der Waals surface area contributed by atoms with Gasteiger partial charge in [0, 0.05) is 5.70 Å². The van der Waals surface area contributed by atoms with E-state index in [9.17, 15) is 14.0 Å². The first kappa shape index (κ1) is 21.4. The van der Waals surface area contributed by atoms with E-state index < -0.39 is 12.0 Å². The Kier molecular flexibility index (Phi) is 6.40. The van der Waals surface area contributed by atoms with Crippen molar-refractivity contribution >= 4 is 12.0 Å². The summed E-state index contributed by atoms with van der Waals surface area (Å²) < 4.78 is 24.1. The molecule has 1 aliphatic heterocycles. The molecule has 0 aliphatic carbocycles. The predicted molar refractivity (Wildman–Crippen MR) is 110 cm³/mol. The molecule has 2 N–H and O–H groups in total. The normalized spacial score (nSPS) is 16.0. The first-order valence-electron chi connectivity index (χ1n) is 9.74. The lowest BCUT2D eigenvalue weighted by Crippen LogP contribution is -2.45. The van der Waals surface area contributed by atoms with Gasteiger partial charge in [-0.2, -0.15) is 0 Å². The first-order valence-corrected chi connectivity index (χ1v) is 9.74. The molecule has 0 aromatic heterocycles. The molecule has 0 bridgehead atoms. The van der Waals surface area contributed by atoms with E-state index in [1.807, 2.05) is 26.0 Å². The van der Waals surface area contributed by atoms with Crippen LogP contribution >= 0.6 is 0 Å². The number of aryl methyl sites for hydroxylation is 1. The second-order valence-corrected chi connectivity index (χ2v) is 7.17. The van der Waals surface area contributed by atoms with E-state index in [4.69, 9.17) is 9.47 Å².